The average Bonchev–Trinajstić information content (AvgIpc) is 3.24. The van der Waals surface area contributed by atoms with Crippen molar-refractivity contribution < 1.29 is 4.79 Å². The van der Waals surface area contributed by atoms with Crippen LogP contribution in [0.3, 0.4) is 0 Å². The molecule has 2 aliphatic rings. The zero-order valence-corrected chi connectivity index (χ0v) is 12.5. The largest absolute Gasteiger partial charge is 0.341 e. The van der Waals surface area contributed by atoms with Crippen molar-refractivity contribution in [2.45, 2.75) is 18.8 Å². The highest BCUT2D eigenvalue weighted by atomic mass is 16.2. The van der Waals surface area contributed by atoms with Crippen LogP contribution in [0.5, 0.6) is 0 Å². The van der Waals surface area contributed by atoms with Crippen molar-refractivity contribution in [3.8, 4) is 0 Å². The number of hydrogen-bond acceptors (Lipinski definition) is 3. The summed E-state index contributed by atoms with van der Waals surface area (Å²) < 4.78 is 0. The molecule has 0 spiro atoms. The molecule has 1 amide bonds. The molecule has 2 atom stereocenters. The van der Waals surface area contributed by atoms with Gasteiger partial charge < -0.3 is 16.0 Å². The van der Waals surface area contributed by atoms with E-state index in [0.29, 0.717) is 24.9 Å². The van der Waals surface area contributed by atoms with Crippen molar-refractivity contribution in [3.63, 3.8) is 0 Å². The van der Waals surface area contributed by atoms with Crippen molar-refractivity contribution in [1.29, 1.82) is 0 Å². The molecule has 1 aromatic rings. The van der Waals surface area contributed by atoms with Crippen LogP contribution in [0.1, 0.15) is 24.3 Å². The smallest absolute Gasteiger partial charge is 0.236 e. The van der Waals surface area contributed by atoms with E-state index in [1.54, 1.807) is 0 Å². The molecule has 1 heterocycles. The van der Waals surface area contributed by atoms with Crippen LogP contribution in [-0.2, 0) is 4.79 Å². The molecule has 0 radical (unpaired) electrons. The van der Waals surface area contributed by atoms with Crippen LogP contribution < -0.4 is 11.1 Å². The van der Waals surface area contributed by atoms with E-state index in [0.717, 1.165) is 25.6 Å². The number of hydrogen-bond donors (Lipinski definition) is 2. The van der Waals surface area contributed by atoms with E-state index in [2.05, 4.69) is 29.6 Å². The number of nitrogens with two attached hydrogens (primary N) is 1. The van der Waals surface area contributed by atoms with Crippen LogP contribution in [-0.4, -0.2) is 43.5 Å². The zero-order chi connectivity index (χ0) is 14.7. The number of amides is 1. The second kappa shape index (κ2) is 6.58. The van der Waals surface area contributed by atoms with Gasteiger partial charge >= 0.3 is 0 Å². The summed E-state index contributed by atoms with van der Waals surface area (Å²) in [5.41, 5.74) is 7.22. The Balaban J connectivity index is 1.56. The lowest BCUT2D eigenvalue weighted by molar-refractivity contribution is -0.129. The maximum atomic E-state index is 12.3. The predicted molar refractivity (Wildman–Crippen MR) is 83.9 cm³/mol. The van der Waals surface area contributed by atoms with Crippen LogP contribution >= 0.6 is 0 Å². The van der Waals surface area contributed by atoms with Gasteiger partial charge in [0.2, 0.25) is 5.91 Å². The maximum absolute atomic E-state index is 12.3. The first-order valence-corrected chi connectivity index (χ1v) is 8.01. The van der Waals surface area contributed by atoms with Gasteiger partial charge in [0.15, 0.2) is 0 Å². The minimum atomic E-state index is 0.215. The fraction of sp³-hybridized carbons (Fsp3) is 0.588. The second-order valence-corrected chi connectivity index (χ2v) is 6.39. The van der Waals surface area contributed by atoms with E-state index in [4.69, 9.17) is 5.73 Å². The van der Waals surface area contributed by atoms with Gasteiger partial charge in [-0.05, 0) is 43.3 Å². The third-order valence-electron chi connectivity index (χ3n) is 4.73. The number of nitrogens with zero attached hydrogens (tertiary/aromatic N) is 1. The molecule has 0 aromatic heterocycles. The summed E-state index contributed by atoms with van der Waals surface area (Å²) in [6.07, 6.45) is 2.63. The maximum Gasteiger partial charge on any atom is 0.236 e. The Kier molecular flexibility index (Phi) is 4.56. The lowest BCUT2D eigenvalue weighted by Crippen LogP contribution is -2.37. The molecule has 1 saturated heterocycles. The highest BCUT2D eigenvalue weighted by Gasteiger charge is 2.35. The Morgan fingerprint density at radius 3 is 2.67 bits per heavy atom. The lowest BCUT2D eigenvalue weighted by atomic mass is 9.89. The van der Waals surface area contributed by atoms with Gasteiger partial charge in [-0.2, -0.15) is 0 Å². The molecule has 4 nitrogen and oxygen atoms in total. The van der Waals surface area contributed by atoms with Gasteiger partial charge in [0.1, 0.15) is 0 Å². The number of carbonyl (C=O) groups excluding carboxylic acids is 1. The van der Waals surface area contributed by atoms with Gasteiger partial charge in [0.05, 0.1) is 6.54 Å². The lowest BCUT2D eigenvalue weighted by Gasteiger charge is -2.17. The molecule has 114 valence electrons. The summed E-state index contributed by atoms with van der Waals surface area (Å²) >= 11 is 0. The normalized spacial score (nSPS) is 25.3. The molecule has 0 unspecified atom stereocenters. The zero-order valence-electron chi connectivity index (χ0n) is 12.5. The number of benzene rings is 1. The summed E-state index contributed by atoms with van der Waals surface area (Å²) in [4.78, 5) is 14.3. The number of likely N-dealkylation sites (tertiary alicyclic amines) is 1. The molecule has 3 rings (SSSR count). The van der Waals surface area contributed by atoms with Crippen LogP contribution in [0.4, 0.5) is 0 Å². The SMILES string of the molecule is NC[C@@H]1CN(C(=O)CNCC2CC2)C[C@H]1c1ccccc1. The molecule has 1 aliphatic heterocycles. The molecule has 21 heavy (non-hydrogen) atoms. The van der Waals surface area contributed by atoms with Gasteiger partial charge in [-0.1, -0.05) is 30.3 Å². The second-order valence-electron chi connectivity index (χ2n) is 6.39. The van der Waals surface area contributed by atoms with Crippen molar-refractivity contribution in [3.05, 3.63) is 35.9 Å². The van der Waals surface area contributed by atoms with Crippen LogP contribution in [0.15, 0.2) is 30.3 Å². The topological polar surface area (TPSA) is 58.4 Å². The van der Waals surface area contributed by atoms with Gasteiger partial charge in [0.25, 0.3) is 0 Å². The summed E-state index contributed by atoms with van der Waals surface area (Å²) in [5, 5.41) is 3.29. The summed E-state index contributed by atoms with van der Waals surface area (Å²) in [6.45, 7) is 3.69. The number of rotatable bonds is 6. The van der Waals surface area contributed by atoms with Gasteiger partial charge in [-0.25, -0.2) is 0 Å². The Morgan fingerprint density at radius 1 is 1.24 bits per heavy atom. The van der Waals surface area contributed by atoms with E-state index < -0.39 is 0 Å². The Bertz CT molecular complexity index is 472. The van der Waals surface area contributed by atoms with Crippen molar-refractivity contribution in [2.75, 3.05) is 32.7 Å². The standard InChI is InChI=1S/C17H25N3O/c18-8-15-11-20(17(21)10-19-9-13-6-7-13)12-16(15)14-4-2-1-3-5-14/h1-5,13,15-16,19H,6-12,18H2/t15-,16+/m1/s1. The summed E-state index contributed by atoms with van der Waals surface area (Å²) in [6, 6.07) is 10.4. The molecular weight excluding hydrogens is 262 g/mol. The number of carbonyl (C=O) groups is 1. The highest BCUT2D eigenvalue weighted by molar-refractivity contribution is 5.78. The summed E-state index contributed by atoms with van der Waals surface area (Å²) in [5.74, 6) is 1.78. The Morgan fingerprint density at radius 2 is 2.00 bits per heavy atom. The number of nitrogens with one attached hydrogen (secondary N) is 1. The molecule has 4 heteroatoms. The first-order chi connectivity index (χ1) is 10.3. The fourth-order valence-electron chi connectivity index (χ4n) is 3.21. The van der Waals surface area contributed by atoms with E-state index in [1.165, 1.54) is 18.4 Å². The van der Waals surface area contributed by atoms with Crippen molar-refractivity contribution in [2.24, 2.45) is 17.6 Å². The molecule has 2 fully saturated rings. The van der Waals surface area contributed by atoms with Crippen LogP contribution in [0.2, 0.25) is 0 Å². The first-order valence-electron chi connectivity index (χ1n) is 8.01. The third-order valence-corrected chi connectivity index (χ3v) is 4.73. The molecule has 1 aromatic carbocycles. The van der Waals surface area contributed by atoms with Gasteiger partial charge in [0, 0.05) is 19.0 Å². The van der Waals surface area contributed by atoms with Crippen molar-refractivity contribution >= 4 is 5.91 Å². The van der Waals surface area contributed by atoms with Gasteiger partial charge in [-0.3, -0.25) is 4.79 Å². The minimum Gasteiger partial charge on any atom is -0.341 e. The van der Waals surface area contributed by atoms with Crippen LogP contribution in [0.25, 0.3) is 0 Å². The molecule has 1 aliphatic carbocycles. The molecule has 0 bridgehead atoms. The first kappa shape index (κ1) is 14.5. The molecule has 1 saturated carbocycles. The highest BCUT2D eigenvalue weighted by Crippen LogP contribution is 2.32. The molecule has 3 N–H and O–H groups in total. The monoisotopic (exact) mass is 287 g/mol. The van der Waals surface area contributed by atoms with Gasteiger partial charge in [-0.15, -0.1) is 0 Å². The van der Waals surface area contributed by atoms with E-state index in [-0.39, 0.29) is 5.91 Å². The average molecular weight is 287 g/mol. The van der Waals surface area contributed by atoms with E-state index >= 15 is 0 Å². The minimum absolute atomic E-state index is 0.215. The third kappa shape index (κ3) is 3.63. The molecular formula is C17H25N3O. The Hall–Kier alpha value is -1.39. The van der Waals surface area contributed by atoms with Crippen LogP contribution in [0, 0.1) is 11.8 Å². The van der Waals surface area contributed by atoms with E-state index in [1.807, 2.05) is 11.0 Å². The predicted octanol–water partition coefficient (Wildman–Crippen LogP) is 1.19. The quantitative estimate of drug-likeness (QED) is 0.826. The Labute approximate surface area is 126 Å². The van der Waals surface area contributed by atoms with Crippen molar-refractivity contribution in [1.82, 2.24) is 10.2 Å². The fourth-order valence-corrected chi connectivity index (χ4v) is 3.21. The summed E-state index contributed by atoms with van der Waals surface area (Å²) in [7, 11) is 0. The van der Waals surface area contributed by atoms with E-state index in [9.17, 15) is 4.79 Å².